The number of aliphatic hydroxyl groups is 2. The third-order valence-electron chi connectivity index (χ3n) is 3.08. The number of carbonyl (C=O) groups excluding carboxylic acids is 3. The van der Waals surface area contributed by atoms with Crippen molar-refractivity contribution in [3.8, 4) is 0 Å². The molecule has 1 fully saturated rings. The SMILES string of the molecule is C=C(C)C(=O)NCC1OC(OC(C)=O)C(O)C(O)C1OC(C)=O. The Bertz CT molecular complexity index is 491. The van der Waals surface area contributed by atoms with Crippen LogP contribution in [-0.2, 0) is 28.6 Å². The van der Waals surface area contributed by atoms with E-state index in [1.165, 1.54) is 6.92 Å². The van der Waals surface area contributed by atoms with Gasteiger partial charge in [-0.2, -0.15) is 0 Å². The molecule has 1 saturated heterocycles. The van der Waals surface area contributed by atoms with Crippen molar-refractivity contribution >= 4 is 17.8 Å². The van der Waals surface area contributed by atoms with Crippen molar-refractivity contribution in [2.75, 3.05) is 6.54 Å². The van der Waals surface area contributed by atoms with Crippen LogP contribution >= 0.6 is 0 Å². The molecule has 0 aliphatic carbocycles. The van der Waals surface area contributed by atoms with Crippen LogP contribution in [0.1, 0.15) is 20.8 Å². The lowest BCUT2D eigenvalue weighted by atomic mass is 9.98. The van der Waals surface area contributed by atoms with Crippen LogP contribution in [0.2, 0.25) is 0 Å². The molecule has 1 aliphatic heterocycles. The van der Waals surface area contributed by atoms with E-state index in [0.717, 1.165) is 13.8 Å². The second-order valence-electron chi connectivity index (χ2n) is 5.20. The van der Waals surface area contributed by atoms with E-state index in [1.807, 2.05) is 0 Å². The molecule has 23 heavy (non-hydrogen) atoms. The Kier molecular flexibility index (Phi) is 6.67. The zero-order valence-corrected chi connectivity index (χ0v) is 13.1. The maximum atomic E-state index is 11.5. The van der Waals surface area contributed by atoms with Gasteiger partial charge in [0.1, 0.15) is 18.3 Å². The van der Waals surface area contributed by atoms with Crippen LogP contribution in [0.3, 0.4) is 0 Å². The maximum Gasteiger partial charge on any atom is 0.305 e. The summed E-state index contributed by atoms with van der Waals surface area (Å²) in [5, 5.41) is 22.5. The second kappa shape index (κ2) is 8.04. The minimum absolute atomic E-state index is 0.148. The zero-order chi connectivity index (χ0) is 17.7. The van der Waals surface area contributed by atoms with Crippen LogP contribution in [0.15, 0.2) is 12.2 Å². The van der Waals surface area contributed by atoms with Crippen molar-refractivity contribution in [1.29, 1.82) is 0 Å². The Balaban J connectivity index is 2.88. The molecular weight excluding hydrogens is 310 g/mol. The Morgan fingerprint density at radius 3 is 2.13 bits per heavy atom. The molecule has 0 saturated carbocycles. The smallest absolute Gasteiger partial charge is 0.305 e. The van der Waals surface area contributed by atoms with Gasteiger partial charge >= 0.3 is 11.9 Å². The third kappa shape index (κ3) is 5.31. The van der Waals surface area contributed by atoms with Gasteiger partial charge in [-0.25, -0.2) is 0 Å². The van der Waals surface area contributed by atoms with E-state index < -0.39 is 48.6 Å². The molecule has 1 amide bonds. The number of amides is 1. The summed E-state index contributed by atoms with van der Waals surface area (Å²) in [6, 6.07) is 0. The van der Waals surface area contributed by atoms with Crippen LogP contribution in [0, 0.1) is 0 Å². The summed E-state index contributed by atoms with van der Waals surface area (Å²) >= 11 is 0. The molecule has 0 spiro atoms. The number of rotatable bonds is 5. The van der Waals surface area contributed by atoms with Crippen LogP contribution in [0.5, 0.6) is 0 Å². The van der Waals surface area contributed by atoms with Crippen molar-refractivity contribution in [3.63, 3.8) is 0 Å². The summed E-state index contributed by atoms with van der Waals surface area (Å²) in [5.74, 6) is -1.89. The lowest BCUT2D eigenvalue weighted by Gasteiger charge is -2.41. The van der Waals surface area contributed by atoms with E-state index in [2.05, 4.69) is 11.9 Å². The summed E-state index contributed by atoms with van der Waals surface area (Å²) in [5.41, 5.74) is 0.252. The summed E-state index contributed by atoms with van der Waals surface area (Å²) in [6.45, 7) is 7.06. The number of hydrogen-bond acceptors (Lipinski definition) is 8. The van der Waals surface area contributed by atoms with Crippen LogP contribution in [0.4, 0.5) is 0 Å². The number of ether oxygens (including phenoxy) is 3. The molecule has 0 bridgehead atoms. The standard InChI is InChI=1S/C14H21NO8/c1-6(2)13(20)15-5-9-12(21-7(3)16)10(18)11(19)14(23-9)22-8(4)17/h9-12,14,18-19H,1,5H2,2-4H3,(H,15,20). The molecule has 3 N–H and O–H groups in total. The Morgan fingerprint density at radius 1 is 1.09 bits per heavy atom. The highest BCUT2D eigenvalue weighted by atomic mass is 16.7. The van der Waals surface area contributed by atoms with Crippen LogP contribution in [0.25, 0.3) is 0 Å². The number of carbonyl (C=O) groups is 3. The summed E-state index contributed by atoms with van der Waals surface area (Å²) < 4.78 is 15.1. The first-order chi connectivity index (χ1) is 10.6. The molecule has 9 nitrogen and oxygen atoms in total. The molecule has 0 aromatic rings. The van der Waals surface area contributed by atoms with Gasteiger partial charge in [-0.15, -0.1) is 0 Å². The molecule has 9 heteroatoms. The van der Waals surface area contributed by atoms with Crippen molar-refractivity contribution in [1.82, 2.24) is 5.32 Å². The Labute approximate surface area is 133 Å². The largest absolute Gasteiger partial charge is 0.457 e. The molecule has 1 aliphatic rings. The van der Waals surface area contributed by atoms with Gasteiger partial charge in [-0.05, 0) is 6.92 Å². The van der Waals surface area contributed by atoms with E-state index in [4.69, 9.17) is 14.2 Å². The molecule has 130 valence electrons. The predicted molar refractivity (Wildman–Crippen MR) is 75.8 cm³/mol. The fourth-order valence-electron chi connectivity index (χ4n) is 2.01. The molecule has 5 unspecified atom stereocenters. The molecule has 1 heterocycles. The molecule has 0 aromatic carbocycles. The maximum absolute atomic E-state index is 11.5. The van der Waals surface area contributed by atoms with E-state index >= 15 is 0 Å². The third-order valence-corrected chi connectivity index (χ3v) is 3.08. The molecule has 5 atom stereocenters. The Morgan fingerprint density at radius 2 is 1.65 bits per heavy atom. The van der Waals surface area contributed by atoms with E-state index in [-0.39, 0.29) is 12.1 Å². The minimum atomic E-state index is -1.60. The van der Waals surface area contributed by atoms with Gasteiger partial charge in [-0.3, -0.25) is 14.4 Å². The van der Waals surface area contributed by atoms with Crippen LogP contribution < -0.4 is 5.32 Å². The van der Waals surface area contributed by atoms with Gasteiger partial charge in [0.2, 0.25) is 12.2 Å². The van der Waals surface area contributed by atoms with E-state index in [1.54, 1.807) is 0 Å². The van der Waals surface area contributed by atoms with Crippen molar-refractivity contribution in [2.24, 2.45) is 0 Å². The first-order valence-electron chi connectivity index (χ1n) is 6.93. The van der Waals surface area contributed by atoms with Gasteiger partial charge in [0.05, 0.1) is 0 Å². The predicted octanol–water partition coefficient (Wildman–Crippen LogP) is -1.38. The summed E-state index contributed by atoms with van der Waals surface area (Å²) in [7, 11) is 0. The lowest BCUT2D eigenvalue weighted by molar-refractivity contribution is -0.288. The van der Waals surface area contributed by atoms with Gasteiger partial charge in [0.25, 0.3) is 0 Å². The van der Waals surface area contributed by atoms with E-state index in [0.29, 0.717) is 0 Å². The molecule has 1 rings (SSSR count). The number of nitrogens with one attached hydrogen (secondary N) is 1. The van der Waals surface area contributed by atoms with Crippen molar-refractivity contribution in [3.05, 3.63) is 12.2 Å². The highest BCUT2D eigenvalue weighted by Crippen LogP contribution is 2.24. The zero-order valence-electron chi connectivity index (χ0n) is 13.1. The molecule has 0 aromatic heterocycles. The van der Waals surface area contributed by atoms with Gasteiger partial charge in [0.15, 0.2) is 6.10 Å². The normalized spacial score (nSPS) is 30.2. The van der Waals surface area contributed by atoms with Gasteiger partial charge in [-0.1, -0.05) is 6.58 Å². The Hall–Kier alpha value is -1.97. The quantitative estimate of drug-likeness (QED) is 0.415. The van der Waals surface area contributed by atoms with Crippen LogP contribution in [-0.4, -0.2) is 65.3 Å². The minimum Gasteiger partial charge on any atom is -0.457 e. The molecular formula is C14H21NO8. The number of aliphatic hydroxyl groups excluding tert-OH is 2. The average molecular weight is 331 g/mol. The summed E-state index contributed by atoms with van der Waals surface area (Å²) in [4.78, 5) is 33.7. The topological polar surface area (TPSA) is 131 Å². The summed E-state index contributed by atoms with van der Waals surface area (Å²) in [6.07, 6.45) is -6.86. The fourth-order valence-corrected chi connectivity index (χ4v) is 2.01. The second-order valence-corrected chi connectivity index (χ2v) is 5.20. The van der Waals surface area contributed by atoms with Gasteiger partial charge < -0.3 is 29.7 Å². The monoisotopic (exact) mass is 331 g/mol. The van der Waals surface area contributed by atoms with Gasteiger partial charge in [0, 0.05) is 26.0 Å². The lowest BCUT2D eigenvalue weighted by Crippen LogP contribution is -2.62. The highest BCUT2D eigenvalue weighted by Gasteiger charge is 2.47. The fraction of sp³-hybridized carbons (Fsp3) is 0.643. The number of hydrogen-bond donors (Lipinski definition) is 3. The average Bonchev–Trinajstić information content (AvgIpc) is 2.44. The van der Waals surface area contributed by atoms with Crippen molar-refractivity contribution < 1.29 is 38.8 Å². The first-order valence-corrected chi connectivity index (χ1v) is 6.93. The first kappa shape index (κ1) is 19.1. The molecule has 0 radical (unpaired) electrons. The van der Waals surface area contributed by atoms with E-state index in [9.17, 15) is 24.6 Å². The highest BCUT2D eigenvalue weighted by molar-refractivity contribution is 5.92. The number of esters is 2. The van der Waals surface area contributed by atoms with Crippen molar-refractivity contribution in [2.45, 2.75) is 51.5 Å².